The smallest absolute Gasteiger partial charge is 0.305 e. The molecule has 0 heterocycles. The van der Waals surface area contributed by atoms with Crippen LogP contribution in [0.25, 0.3) is 0 Å². The van der Waals surface area contributed by atoms with Gasteiger partial charge in [-0.25, -0.2) is 0 Å². The van der Waals surface area contributed by atoms with E-state index in [1.54, 1.807) is 24.3 Å². The van der Waals surface area contributed by atoms with Crippen molar-refractivity contribution in [3.8, 4) is 0 Å². The minimum atomic E-state index is -0.967. The number of carbonyl (C=O) groups excluding carboxylic acids is 2. The Hall–Kier alpha value is -2.41. The Bertz CT molecular complexity index is 625. The second-order valence-corrected chi connectivity index (χ2v) is 6.42. The van der Waals surface area contributed by atoms with E-state index >= 15 is 0 Å². The van der Waals surface area contributed by atoms with Crippen molar-refractivity contribution < 1.29 is 19.5 Å². The molecule has 1 saturated carbocycles. The molecule has 7 nitrogen and oxygen atoms in total. The van der Waals surface area contributed by atoms with Crippen LogP contribution in [0.5, 0.6) is 0 Å². The zero-order valence-corrected chi connectivity index (χ0v) is 14.2. The maximum atomic E-state index is 12.4. The van der Waals surface area contributed by atoms with Gasteiger partial charge in [-0.05, 0) is 56.3 Å². The van der Waals surface area contributed by atoms with Crippen LogP contribution in [0.2, 0.25) is 0 Å². The fourth-order valence-corrected chi connectivity index (χ4v) is 3.03. The van der Waals surface area contributed by atoms with Crippen molar-refractivity contribution >= 4 is 23.5 Å². The highest BCUT2D eigenvalue weighted by atomic mass is 16.4. The molecule has 1 fully saturated rings. The molecule has 0 saturated heterocycles. The summed E-state index contributed by atoms with van der Waals surface area (Å²) in [6, 6.07) is 6.64. The van der Waals surface area contributed by atoms with Crippen LogP contribution < -0.4 is 16.4 Å². The highest BCUT2D eigenvalue weighted by molar-refractivity contribution is 5.97. The maximum absolute atomic E-state index is 12.4. The summed E-state index contributed by atoms with van der Waals surface area (Å²) >= 11 is 0. The summed E-state index contributed by atoms with van der Waals surface area (Å²) in [4.78, 5) is 34.9. The second-order valence-electron chi connectivity index (χ2n) is 6.42. The lowest BCUT2D eigenvalue weighted by atomic mass is 9.81. The lowest BCUT2D eigenvalue weighted by molar-refractivity contribution is -0.136. The zero-order valence-electron chi connectivity index (χ0n) is 14.2. The average molecular weight is 347 g/mol. The molecule has 0 aromatic heterocycles. The number of rotatable bonds is 7. The van der Waals surface area contributed by atoms with E-state index in [0.717, 1.165) is 25.7 Å². The van der Waals surface area contributed by atoms with Crippen molar-refractivity contribution in [2.24, 2.45) is 17.6 Å². The van der Waals surface area contributed by atoms with E-state index in [4.69, 9.17) is 10.8 Å². The van der Waals surface area contributed by atoms with Gasteiger partial charge in [0, 0.05) is 23.7 Å². The van der Waals surface area contributed by atoms with E-state index in [1.807, 2.05) is 0 Å². The Morgan fingerprint density at radius 1 is 1.16 bits per heavy atom. The third-order valence-electron chi connectivity index (χ3n) is 4.57. The molecule has 1 aromatic carbocycles. The van der Waals surface area contributed by atoms with E-state index in [9.17, 15) is 14.4 Å². The van der Waals surface area contributed by atoms with Crippen LogP contribution in [0.15, 0.2) is 24.3 Å². The summed E-state index contributed by atoms with van der Waals surface area (Å²) in [5.41, 5.74) is 6.62. The molecule has 0 spiro atoms. The number of carboxylic acid groups (broad SMARTS) is 1. The first-order valence-electron chi connectivity index (χ1n) is 8.60. The molecule has 7 heteroatoms. The highest BCUT2D eigenvalue weighted by Gasteiger charge is 2.25. The van der Waals surface area contributed by atoms with Crippen LogP contribution in [-0.2, 0) is 9.59 Å². The molecule has 0 unspecified atom stereocenters. The molecule has 0 atom stereocenters. The van der Waals surface area contributed by atoms with Gasteiger partial charge in [0.2, 0.25) is 5.91 Å². The van der Waals surface area contributed by atoms with Gasteiger partial charge in [0.1, 0.15) is 0 Å². The first-order chi connectivity index (χ1) is 12.0. The zero-order chi connectivity index (χ0) is 18.2. The molecule has 1 aliphatic carbocycles. The molecular weight excluding hydrogens is 322 g/mol. The monoisotopic (exact) mass is 347 g/mol. The second kappa shape index (κ2) is 9.17. The standard InChI is InChI=1S/C18H25N3O4/c19-11-12-4-6-13(7-5-12)18(25)21-15-3-1-2-14(10-15)17(24)20-9-8-16(22)23/h1-3,10,12-13H,4-9,11,19H2,(H,20,24)(H,21,25)(H,22,23)/t12-,13-. The molecule has 136 valence electrons. The number of nitrogens with two attached hydrogens (primary N) is 1. The van der Waals surface area contributed by atoms with Gasteiger partial charge in [-0.1, -0.05) is 6.07 Å². The number of anilines is 1. The predicted molar refractivity (Wildman–Crippen MR) is 94.2 cm³/mol. The van der Waals surface area contributed by atoms with Gasteiger partial charge in [0.05, 0.1) is 6.42 Å². The minimum Gasteiger partial charge on any atom is -0.481 e. The first-order valence-corrected chi connectivity index (χ1v) is 8.60. The minimum absolute atomic E-state index is 0.0177. The number of aliphatic carboxylic acids is 1. The van der Waals surface area contributed by atoms with Gasteiger partial charge < -0.3 is 21.5 Å². The van der Waals surface area contributed by atoms with Gasteiger partial charge in [-0.3, -0.25) is 14.4 Å². The molecule has 2 amide bonds. The normalized spacial score (nSPS) is 19.9. The number of hydrogen-bond donors (Lipinski definition) is 4. The Kier molecular flexibility index (Phi) is 6.94. The Morgan fingerprint density at radius 3 is 2.52 bits per heavy atom. The molecule has 5 N–H and O–H groups in total. The lowest BCUT2D eigenvalue weighted by Gasteiger charge is -2.26. The largest absolute Gasteiger partial charge is 0.481 e. The van der Waals surface area contributed by atoms with Gasteiger partial charge in [-0.15, -0.1) is 0 Å². The van der Waals surface area contributed by atoms with Crippen molar-refractivity contribution in [3.63, 3.8) is 0 Å². The van der Waals surface area contributed by atoms with Gasteiger partial charge in [-0.2, -0.15) is 0 Å². The van der Waals surface area contributed by atoms with Crippen molar-refractivity contribution in [1.29, 1.82) is 0 Å². The number of carbonyl (C=O) groups is 3. The maximum Gasteiger partial charge on any atom is 0.305 e. The van der Waals surface area contributed by atoms with E-state index < -0.39 is 5.97 Å². The van der Waals surface area contributed by atoms with E-state index in [2.05, 4.69) is 10.6 Å². The fraction of sp³-hybridized carbons (Fsp3) is 0.500. The number of benzene rings is 1. The highest BCUT2D eigenvalue weighted by Crippen LogP contribution is 2.29. The van der Waals surface area contributed by atoms with Crippen molar-refractivity contribution in [2.45, 2.75) is 32.1 Å². The molecule has 0 aliphatic heterocycles. The van der Waals surface area contributed by atoms with Crippen LogP contribution >= 0.6 is 0 Å². The average Bonchev–Trinajstić information content (AvgIpc) is 2.61. The van der Waals surface area contributed by atoms with Crippen molar-refractivity contribution in [3.05, 3.63) is 29.8 Å². The summed E-state index contributed by atoms with van der Waals surface area (Å²) in [5, 5.41) is 14.0. The summed E-state index contributed by atoms with van der Waals surface area (Å²) in [6.45, 7) is 0.739. The van der Waals surface area contributed by atoms with Gasteiger partial charge in [0.15, 0.2) is 0 Å². The van der Waals surface area contributed by atoms with Crippen LogP contribution in [0.1, 0.15) is 42.5 Å². The molecule has 1 aliphatic rings. The van der Waals surface area contributed by atoms with E-state index in [-0.39, 0.29) is 30.7 Å². The molecule has 2 rings (SSSR count). The molecule has 1 aromatic rings. The number of hydrogen-bond acceptors (Lipinski definition) is 4. The summed E-state index contributed by atoms with van der Waals surface area (Å²) in [6.07, 6.45) is 3.49. The number of carboxylic acids is 1. The van der Waals surface area contributed by atoms with Gasteiger partial charge in [0.25, 0.3) is 5.91 Å². The lowest BCUT2D eigenvalue weighted by Crippen LogP contribution is -2.29. The van der Waals surface area contributed by atoms with Crippen LogP contribution in [-0.4, -0.2) is 36.0 Å². The third kappa shape index (κ3) is 5.86. The fourth-order valence-electron chi connectivity index (χ4n) is 3.03. The molecule has 0 radical (unpaired) electrons. The van der Waals surface area contributed by atoms with Crippen molar-refractivity contribution in [2.75, 3.05) is 18.4 Å². The van der Waals surface area contributed by atoms with E-state index in [0.29, 0.717) is 23.7 Å². The predicted octanol–water partition coefficient (Wildman–Crippen LogP) is 1.59. The van der Waals surface area contributed by atoms with Crippen LogP contribution in [0.4, 0.5) is 5.69 Å². The van der Waals surface area contributed by atoms with Crippen LogP contribution in [0.3, 0.4) is 0 Å². The summed E-state index contributed by atoms with van der Waals surface area (Å²) in [5.74, 6) is -0.858. The van der Waals surface area contributed by atoms with Crippen molar-refractivity contribution in [1.82, 2.24) is 5.32 Å². The SMILES string of the molecule is NC[C@H]1CC[C@H](C(=O)Nc2cccc(C(=O)NCCC(=O)O)c2)CC1. The first kappa shape index (κ1) is 18.9. The molecule has 0 bridgehead atoms. The Balaban J connectivity index is 1.89. The summed E-state index contributed by atoms with van der Waals surface area (Å²) in [7, 11) is 0. The molecule has 25 heavy (non-hydrogen) atoms. The quantitative estimate of drug-likeness (QED) is 0.597. The topological polar surface area (TPSA) is 122 Å². The number of amides is 2. The summed E-state index contributed by atoms with van der Waals surface area (Å²) < 4.78 is 0. The number of nitrogens with one attached hydrogen (secondary N) is 2. The Morgan fingerprint density at radius 2 is 1.88 bits per heavy atom. The Labute approximate surface area is 147 Å². The van der Waals surface area contributed by atoms with E-state index in [1.165, 1.54) is 0 Å². The molecular formula is C18H25N3O4. The third-order valence-corrected chi connectivity index (χ3v) is 4.57. The van der Waals surface area contributed by atoms with Crippen LogP contribution in [0, 0.1) is 11.8 Å². The van der Waals surface area contributed by atoms with Gasteiger partial charge >= 0.3 is 5.97 Å².